The molecule has 0 bridgehead atoms. The van der Waals surface area contributed by atoms with Gasteiger partial charge in [0, 0.05) is 12.6 Å². The Hall–Kier alpha value is -0.590. The normalized spacial score (nSPS) is 29.1. The van der Waals surface area contributed by atoms with Crippen LogP contribution in [0.2, 0.25) is 0 Å². The van der Waals surface area contributed by atoms with E-state index in [1.807, 2.05) is 4.90 Å². The topological polar surface area (TPSA) is 47.3 Å². The summed E-state index contributed by atoms with van der Waals surface area (Å²) in [5.74, 6) is 0.0985. The van der Waals surface area contributed by atoms with Gasteiger partial charge in [-0.15, -0.1) is 0 Å². The van der Waals surface area contributed by atoms with Gasteiger partial charge in [0.1, 0.15) is 0 Å². The molecule has 0 aliphatic carbocycles. The molecule has 0 aromatic carbocycles. The van der Waals surface area contributed by atoms with Crippen LogP contribution in [0.15, 0.2) is 0 Å². The van der Waals surface area contributed by atoms with Crippen molar-refractivity contribution < 1.29 is 5.11 Å². The molecule has 0 amide bonds. The van der Waals surface area contributed by atoms with Crippen LogP contribution in [-0.4, -0.2) is 29.3 Å². The molecule has 80 valence electrons. The van der Waals surface area contributed by atoms with Crippen molar-refractivity contribution in [3.8, 4) is 6.07 Å². The fourth-order valence-corrected chi connectivity index (χ4v) is 2.14. The average Bonchev–Trinajstić information content (AvgIpc) is 2.44. The molecule has 1 saturated heterocycles. The molecule has 0 aromatic rings. The molecule has 2 unspecified atom stereocenters. The van der Waals surface area contributed by atoms with E-state index in [0.29, 0.717) is 0 Å². The van der Waals surface area contributed by atoms with Crippen molar-refractivity contribution in [1.29, 1.82) is 5.26 Å². The Kier molecular flexibility index (Phi) is 3.52. The van der Waals surface area contributed by atoms with Crippen LogP contribution in [0.3, 0.4) is 0 Å². The molecule has 0 saturated carbocycles. The summed E-state index contributed by atoms with van der Waals surface area (Å²) in [7, 11) is 0. The number of nitrogens with zero attached hydrogens (tertiary/aromatic N) is 2. The second-order valence-electron chi connectivity index (χ2n) is 5.31. The first-order valence-electron chi connectivity index (χ1n) is 5.22. The Morgan fingerprint density at radius 3 is 2.57 bits per heavy atom. The molecule has 1 heterocycles. The highest BCUT2D eigenvalue weighted by Crippen LogP contribution is 2.32. The first-order chi connectivity index (χ1) is 6.48. The highest BCUT2D eigenvalue weighted by atomic mass is 16.3. The maximum Gasteiger partial charge on any atom is 0.0959 e. The smallest absolute Gasteiger partial charge is 0.0959 e. The Morgan fingerprint density at radius 2 is 2.14 bits per heavy atom. The summed E-state index contributed by atoms with van der Waals surface area (Å²) in [5, 5.41) is 18.2. The van der Waals surface area contributed by atoms with Gasteiger partial charge in [0.2, 0.25) is 0 Å². The first-order valence-corrected chi connectivity index (χ1v) is 5.22. The van der Waals surface area contributed by atoms with Gasteiger partial charge in [0.05, 0.1) is 18.7 Å². The van der Waals surface area contributed by atoms with Crippen LogP contribution >= 0.6 is 0 Å². The molecule has 2 atom stereocenters. The zero-order chi connectivity index (χ0) is 10.8. The van der Waals surface area contributed by atoms with E-state index < -0.39 is 0 Å². The lowest BCUT2D eigenvalue weighted by Gasteiger charge is -2.30. The largest absolute Gasteiger partial charge is 0.381 e. The predicted octanol–water partition coefficient (Wildman–Crippen LogP) is 1.59. The van der Waals surface area contributed by atoms with Gasteiger partial charge in [-0.05, 0) is 18.3 Å². The fraction of sp³-hybridized carbons (Fsp3) is 0.909. The van der Waals surface area contributed by atoms with E-state index >= 15 is 0 Å². The molecule has 1 aliphatic heterocycles. The van der Waals surface area contributed by atoms with Gasteiger partial charge in [0.25, 0.3) is 0 Å². The molecular formula is C11H20N2O. The average molecular weight is 196 g/mol. The Bertz CT molecular complexity index is 226. The van der Waals surface area contributed by atoms with Crippen LogP contribution in [0.1, 0.15) is 33.6 Å². The van der Waals surface area contributed by atoms with Crippen LogP contribution in [0.5, 0.6) is 0 Å². The van der Waals surface area contributed by atoms with Crippen molar-refractivity contribution >= 4 is 0 Å². The molecule has 1 rings (SSSR count). The second-order valence-corrected chi connectivity index (χ2v) is 5.31. The SMILES string of the molecule is CC(C)(C)CC1C(C#N)CCN1CO. The van der Waals surface area contributed by atoms with Gasteiger partial charge in [-0.25, -0.2) is 0 Å². The third-order valence-electron chi connectivity index (χ3n) is 2.83. The lowest BCUT2D eigenvalue weighted by Crippen LogP contribution is -2.36. The van der Waals surface area contributed by atoms with Crippen molar-refractivity contribution in [1.82, 2.24) is 4.90 Å². The van der Waals surface area contributed by atoms with Crippen LogP contribution in [-0.2, 0) is 0 Å². The van der Waals surface area contributed by atoms with Gasteiger partial charge >= 0.3 is 0 Å². The maximum atomic E-state index is 9.16. The summed E-state index contributed by atoms with van der Waals surface area (Å²) in [6.07, 6.45) is 1.88. The number of hydrogen-bond acceptors (Lipinski definition) is 3. The van der Waals surface area contributed by atoms with Gasteiger partial charge in [0.15, 0.2) is 0 Å². The molecule has 1 fully saturated rings. The van der Waals surface area contributed by atoms with Crippen molar-refractivity contribution in [2.75, 3.05) is 13.3 Å². The van der Waals surface area contributed by atoms with Crippen LogP contribution in [0, 0.1) is 22.7 Å². The lowest BCUT2D eigenvalue weighted by atomic mass is 9.84. The summed E-state index contributed by atoms with van der Waals surface area (Å²) in [5.41, 5.74) is 0.220. The third-order valence-corrected chi connectivity index (χ3v) is 2.83. The minimum absolute atomic E-state index is 0.0823. The molecule has 0 spiro atoms. The number of nitriles is 1. The van der Waals surface area contributed by atoms with E-state index in [9.17, 15) is 0 Å². The zero-order valence-electron chi connectivity index (χ0n) is 9.32. The van der Waals surface area contributed by atoms with Gasteiger partial charge in [-0.3, -0.25) is 4.90 Å². The molecule has 3 nitrogen and oxygen atoms in total. The summed E-state index contributed by atoms with van der Waals surface area (Å²) >= 11 is 0. The zero-order valence-corrected chi connectivity index (χ0v) is 9.32. The molecule has 3 heteroatoms. The van der Waals surface area contributed by atoms with Crippen molar-refractivity contribution in [2.24, 2.45) is 11.3 Å². The van der Waals surface area contributed by atoms with Crippen molar-refractivity contribution in [3.63, 3.8) is 0 Å². The maximum absolute atomic E-state index is 9.16. The Morgan fingerprint density at radius 1 is 1.50 bits per heavy atom. The quantitative estimate of drug-likeness (QED) is 0.729. The summed E-state index contributed by atoms with van der Waals surface area (Å²) in [4.78, 5) is 2.01. The van der Waals surface area contributed by atoms with Gasteiger partial charge in [-0.1, -0.05) is 20.8 Å². The predicted molar refractivity (Wildman–Crippen MR) is 55.4 cm³/mol. The van der Waals surface area contributed by atoms with E-state index in [-0.39, 0.29) is 24.1 Å². The molecule has 1 aliphatic rings. The number of aliphatic hydroxyl groups is 1. The highest BCUT2D eigenvalue weighted by Gasteiger charge is 2.36. The number of rotatable bonds is 2. The van der Waals surface area contributed by atoms with E-state index in [1.165, 1.54) is 0 Å². The second kappa shape index (κ2) is 4.29. The summed E-state index contributed by atoms with van der Waals surface area (Å²) in [6, 6.07) is 2.59. The standard InChI is InChI=1S/C11H20N2O/c1-11(2,3)6-10-9(7-12)4-5-13(10)8-14/h9-10,14H,4-6,8H2,1-3H3. The van der Waals surface area contributed by atoms with E-state index in [2.05, 4.69) is 26.8 Å². The summed E-state index contributed by atoms with van der Waals surface area (Å²) < 4.78 is 0. The monoisotopic (exact) mass is 196 g/mol. The highest BCUT2D eigenvalue weighted by molar-refractivity contribution is 4.99. The van der Waals surface area contributed by atoms with E-state index in [0.717, 1.165) is 19.4 Å². The first kappa shape index (κ1) is 11.5. The van der Waals surface area contributed by atoms with Crippen molar-refractivity contribution in [2.45, 2.75) is 39.7 Å². The number of hydrogen-bond donors (Lipinski definition) is 1. The fourth-order valence-electron chi connectivity index (χ4n) is 2.14. The Balaban J connectivity index is 2.66. The van der Waals surface area contributed by atoms with Crippen LogP contribution in [0.25, 0.3) is 0 Å². The number of aliphatic hydroxyl groups excluding tert-OH is 1. The van der Waals surface area contributed by atoms with Crippen LogP contribution < -0.4 is 0 Å². The van der Waals surface area contributed by atoms with Crippen LogP contribution in [0.4, 0.5) is 0 Å². The lowest BCUT2D eigenvalue weighted by molar-refractivity contribution is 0.0726. The molecule has 0 aromatic heterocycles. The van der Waals surface area contributed by atoms with Gasteiger partial charge in [-0.2, -0.15) is 5.26 Å². The van der Waals surface area contributed by atoms with Gasteiger partial charge < -0.3 is 5.11 Å². The molecule has 0 radical (unpaired) electrons. The minimum Gasteiger partial charge on any atom is -0.381 e. The summed E-state index contributed by atoms with van der Waals surface area (Å²) in [6.45, 7) is 7.47. The third kappa shape index (κ3) is 2.70. The van der Waals surface area contributed by atoms with E-state index in [1.54, 1.807) is 0 Å². The Labute approximate surface area is 86.3 Å². The molecule has 14 heavy (non-hydrogen) atoms. The number of likely N-dealkylation sites (tertiary alicyclic amines) is 1. The van der Waals surface area contributed by atoms with Crippen molar-refractivity contribution in [3.05, 3.63) is 0 Å². The molecule has 1 N–H and O–H groups in total. The molecular weight excluding hydrogens is 176 g/mol. The van der Waals surface area contributed by atoms with E-state index in [4.69, 9.17) is 10.4 Å². The minimum atomic E-state index is 0.0823.